The molecule has 0 bridgehead atoms. The number of aromatic amines is 1. The van der Waals surface area contributed by atoms with E-state index in [1.54, 1.807) is 0 Å². The maximum absolute atomic E-state index is 5.78. The number of benzene rings is 2. The van der Waals surface area contributed by atoms with Crippen molar-refractivity contribution in [1.82, 2.24) is 9.97 Å². The van der Waals surface area contributed by atoms with Gasteiger partial charge in [0.15, 0.2) is 11.5 Å². The largest absolute Gasteiger partial charge is 0.486 e. The van der Waals surface area contributed by atoms with Crippen molar-refractivity contribution < 1.29 is 9.47 Å². The Kier molecular flexibility index (Phi) is 2.42. The molecule has 20 heavy (non-hydrogen) atoms. The molecule has 0 atom stereocenters. The van der Waals surface area contributed by atoms with E-state index in [1.807, 2.05) is 25.1 Å². The van der Waals surface area contributed by atoms with Crippen molar-refractivity contribution in [3.05, 3.63) is 42.2 Å². The molecule has 4 heteroatoms. The molecule has 1 aromatic heterocycles. The topological polar surface area (TPSA) is 47.1 Å². The van der Waals surface area contributed by atoms with Crippen molar-refractivity contribution in [3.63, 3.8) is 0 Å². The van der Waals surface area contributed by atoms with Crippen molar-refractivity contribution in [2.45, 2.75) is 6.92 Å². The van der Waals surface area contributed by atoms with E-state index in [0.29, 0.717) is 13.2 Å². The number of rotatable bonds is 1. The zero-order valence-corrected chi connectivity index (χ0v) is 11.1. The molecule has 0 saturated carbocycles. The van der Waals surface area contributed by atoms with Gasteiger partial charge >= 0.3 is 0 Å². The second kappa shape index (κ2) is 4.27. The van der Waals surface area contributed by atoms with Gasteiger partial charge in [-0.25, -0.2) is 4.98 Å². The van der Waals surface area contributed by atoms with E-state index in [0.717, 1.165) is 39.5 Å². The third-order valence-corrected chi connectivity index (χ3v) is 3.48. The van der Waals surface area contributed by atoms with E-state index in [2.05, 4.69) is 28.2 Å². The standard InChI is InChI=1S/C16H14N2O2/c1-10-17-13-6-5-11(9-14(13)18-10)12-3-2-4-15-16(12)20-8-7-19-15/h2-6,9H,7-8H2,1H3,(H,17,18). The normalized spacial score (nSPS) is 13.7. The highest BCUT2D eigenvalue weighted by atomic mass is 16.6. The number of hydrogen-bond acceptors (Lipinski definition) is 3. The molecular formula is C16H14N2O2. The van der Waals surface area contributed by atoms with E-state index in [-0.39, 0.29) is 0 Å². The Morgan fingerprint density at radius 2 is 2.00 bits per heavy atom. The highest BCUT2D eigenvalue weighted by Gasteiger charge is 2.17. The highest BCUT2D eigenvalue weighted by Crippen LogP contribution is 2.40. The first-order chi connectivity index (χ1) is 9.81. The summed E-state index contributed by atoms with van der Waals surface area (Å²) in [6.07, 6.45) is 0. The van der Waals surface area contributed by atoms with Crippen LogP contribution < -0.4 is 9.47 Å². The Labute approximate surface area is 116 Å². The van der Waals surface area contributed by atoms with Crippen molar-refractivity contribution in [2.24, 2.45) is 0 Å². The fourth-order valence-corrected chi connectivity index (χ4v) is 2.61. The second-order valence-corrected chi connectivity index (χ2v) is 4.88. The van der Waals surface area contributed by atoms with Crippen LogP contribution in [0.15, 0.2) is 36.4 Å². The minimum Gasteiger partial charge on any atom is -0.486 e. The average Bonchev–Trinajstić information content (AvgIpc) is 2.85. The van der Waals surface area contributed by atoms with Crippen molar-refractivity contribution in [3.8, 4) is 22.6 Å². The quantitative estimate of drug-likeness (QED) is 0.735. The second-order valence-electron chi connectivity index (χ2n) is 4.88. The van der Waals surface area contributed by atoms with Crippen LogP contribution in [0, 0.1) is 6.92 Å². The summed E-state index contributed by atoms with van der Waals surface area (Å²) >= 11 is 0. The summed E-state index contributed by atoms with van der Waals surface area (Å²) in [4.78, 5) is 7.69. The van der Waals surface area contributed by atoms with Crippen LogP contribution in [0.5, 0.6) is 11.5 Å². The molecule has 100 valence electrons. The lowest BCUT2D eigenvalue weighted by molar-refractivity contribution is 0.172. The molecule has 0 amide bonds. The number of aryl methyl sites for hydroxylation is 1. The molecule has 0 fully saturated rings. The molecule has 4 nitrogen and oxygen atoms in total. The molecule has 1 aliphatic heterocycles. The fraction of sp³-hybridized carbons (Fsp3) is 0.188. The number of aromatic nitrogens is 2. The Morgan fingerprint density at radius 3 is 2.95 bits per heavy atom. The van der Waals surface area contributed by atoms with Gasteiger partial charge in [-0.15, -0.1) is 0 Å². The third-order valence-electron chi connectivity index (χ3n) is 3.48. The zero-order chi connectivity index (χ0) is 13.5. The maximum Gasteiger partial charge on any atom is 0.169 e. The van der Waals surface area contributed by atoms with Crippen LogP contribution in [0.4, 0.5) is 0 Å². The number of nitrogens with one attached hydrogen (secondary N) is 1. The number of imidazole rings is 1. The Balaban J connectivity index is 1.90. The van der Waals surface area contributed by atoms with Crippen LogP contribution in [0.3, 0.4) is 0 Å². The van der Waals surface area contributed by atoms with Gasteiger partial charge in [0.2, 0.25) is 0 Å². The number of H-pyrrole nitrogens is 1. The van der Waals surface area contributed by atoms with Gasteiger partial charge in [0.25, 0.3) is 0 Å². The van der Waals surface area contributed by atoms with Gasteiger partial charge in [-0.05, 0) is 30.7 Å². The van der Waals surface area contributed by atoms with Gasteiger partial charge in [-0.2, -0.15) is 0 Å². The maximum atomic E-state index is 5.78. The van der Waals surface area contributed by atoms with Crippen LogP contribution in [0.2, 0.25) is 0 Å². The summed E-state index contributed by atoms with van der Waals surface area (Å²) < 4.78 is 11.4. The van der Waals surface area contributed by atoms with E-state index in [4.69, 9.17) is 9.47 Å². The molecule has 0 radical (unpaired) electrons. The highest BCUT2D eigenvalue weighted by molar-refractivity contribution is 5.84. The molecule has 0 aliphatic carbocycles. The number of ether oxygens (including phenoxy) is 2. The van der Waals surface area contributed by atoms with E-state index < -0.39 is 0 Å². The van der Waals surface area contributed by atoms with Crippen LogP contribution in [-0.2, 0) is 0 Å². The van der Waals surface area contributed by atoms with Crippen LogP contribution in [0.25, 0.3) is 22.2 Å². The van der Waals surface area contributed by atoms with Gasteiger partial charge in [-0.1, -0.05) is 18.2 Å². The van der Waals surface area contributed by atoms with Gasteiger partial charge in [0, 0.05) is 5.56 Å². The molecule has 1 aliphatic rings. The smallest absolute Gasteiger partial charge is 0.169 e. The van der Waals surface area contributed by atoms with Gasteiger partial charge in [-0.3, -0.25) is 0 Å². The first kappa shape index (κ1) is 11.3. The average molecular weight is 266 g/mol. The van der Waals surface area contributed by atoms with Crippen LogP contribution >= 0.6 is 0 Å². The summed E-state index contributed by atoms with van der Waals surface area (Å²) in [6, 6.07) is 12.2. The van der Waals surface area contributed by atoms with Crippen LogP contribution in [-0.4, -0.2) is 23.2 Å². The first-order valence-corrected chi connectivity index (χ1v) is 6.66. The number of hydrogen-bond donors (Lipinski definition) is 1. The van der Waals surface area contributed by atoms with E-state index in [1.165, 1.54) is 0 Å². The molecule has 2 aromatic carbocycles. The minimum absolute atomic E-state index is 0.593. The lowest BCUT2D eigenvalue weighted by Crippen LogP contribution is -2.15. The minimum atomic E-state index is 0.593. The summed E-state index contributed by atoms with van der Waals surface area (Å²) in [6.45, 7) is 3.16. The third kappa shape index (κ3) is 1.72. The molecule has 2 heterocycles. The van der Waals surface area contributed by atoms with Gasteiger partial charge in [0.05, 0.1) is 11.0 Å². The lowest BCUT2D eigenvalue weighted by Gasteiger charge is -2.21. The summed E-state index contributed by atoms with van der Waals surface area (Å²) in [7, 11) is 0. The number of nitrogens with zero attached hydrogens (tertiary/aromatic N) is 1. The predicted octanol–water partition coefficient (Wildman–Crippen LogP) is 3.31. The molecule has 4 rings (SSSR count). The van der Waals surface area contributed by atoms with Crippen molar-refractivity contribution >= 4 is 11.0 Å². The monoisotopic (exact) mass is 266 g/mol. The number of para-hydroxylation sites is 1. The van der Waals surface area contributed by atoms with E-state index in [9.17, 15) is 0 Å². The molecule has 1 N–H and O–H groups in total. The summed E-state index contributed by atoms with van der Waals surface area (Å²) in [5.41, 5.74) is 4.17. The summed E-state index contributed by atoms with van der Waals surface area (Å²) in [5, 5.41) is 0. The molecule has 0 spiro atoms. The molecule has 0 saturated heterocycles. The SMILES string of the molecule is Cc1nc2ccc(-c3cccc4c3OCCO4)cc2[nH]1. The van der Waals surface area contributed by atoms with Crippen molar-refractivity contribution in [2.75, 3.05) is 13.2 Å². The van der Waals surface area contributed by atoms with Crippen molar-refractivity contribution in [1.29, 1.82) is 0 Å². The van der Waals surface area contributed by atoms with Gasteiger partial charge < -0.3 is 14.5 Å². The Hall–Kier alpha value is -2.49. The summed E-state index contributed by atoms with van der Waals surface area (Å²) in [5.74, 6) is 2.57. The fourth-order valence-electron chi connectivity index (χ4n) is 2.61. The zero-order valence-electron chi connectivity index (χ0n) is 11.1. The van der Waals surface area contributed by atoms with Crippen LogP contribution in [0.1, 0.15) is 5.82 Å². The predicted molar refractivity (Wildman–Crippen MR) is 77.3 cm³/mol. The molecule has 0 unspecified atom stereocenters. The lowest BCUT2D eigenvalue weighted by atomic mass is 10.0. The Bertz CT molecular complexity index is 792. The van der Waals surface area contributed by atoms with E-state index >= 15 is 0 Å². The first-order valence-electron chi connectivity index (χ1n) is 6.66. The van der Waals surface area contributed by atoms with Gasteiger partial charge in [0.1, 0.15) is 19.0 Å². The Morgan fingerprint density at radius 1 is 1.10 bits per heavy atom. The number of fused-ring (bicyclic) bond motifs is 2. The molecule has 3 aromatic rings. The molecular weight excluding hydrogens is 252 g/mol.